The topological polar surface area (TPSA) is 68.9 Å². The van der Waals surface area contributed by atoms with Gasteiger partial charge in [0, 0.05) is 6.07 Å². The standard InChI is InChI=1S/C15H12O5S/c1-18-10-6-8-9(7-11(10)19-2)20-15(14(17)13(8)16)12-4-3-5-21-12/h3-7,17H,1-2H3. The first kappa shape index (κ1) is 13.5. The second-order valence-corrected chi connectivity index (χ2v) is 5.24. The largest absolute Gasteiger partial charge is 0.501 e. The van der Waals surface area contributed by atoms with Gasteiger partial charge in [0.15, 0.2) is 17.3 Å². The minimum Gasteiger partial charge on any atom is -0.501 e. The van der Waals surface area contributed by atoms with Crippen LogP contribution in [0, 0.1) is 0 Å². The third-order valence-corrected chi connectivity index (χ3v) is 3.99. The minimum absolute atomic E-state index is 0.162. The van der Waals surface area contributed by atoms with Gasteiger partial charge in [-0.2, -0.15) is 0 Å². The highest BCUT2D eigenvalue weighted by atomic mass is 32.1. The zero-order valence-corrected chi connectivity index (χ0v) is 12.2. The van der Waals surface area contributed by atoms with Gasteiger partial charge in [0.05, 0.1) is 24.5 Å². The molecule has 21 heavy (non-hydrogen) atoms. The van der Waals surface area contributed by atoms with Gasteiger partial charge in [0.1, 0.15) is 5.58 Å². The van der Waals surface area contributed by atoms with E-state index in [9.17, 15) is 9.90 Å². The highest BCUT2D eigenvalue weighted by Gasteiger charge is 2.18. The number of hydrogen-bond donors (Lipinski definition) is 1. The van der Waals surface area contributed by atoms with Crippen molar-refractivity contribution < 1.29 is 19.0 Å². The summed E-state index contributed by atoms with van der Waals surface area (Å²) in [7, 11) is 2.98. The van der Waals surface area contributed by atoms with Crippen molar-refractivity contribution in [2.45, 2.75) is 0 Å². The Balaban J connectivity index is 2.36. The Kier molecular flexibility index (Phi) is 3.31. The molecule has 0 aliphatic rings. The molecule has 0 spiro atoms. The van der Waals surface area contributed by atoms with E-state index in [1.54, 1.807) is 12.1 Å². The molecule has 0 saturated carbocycles. The van der Waals surface area contributed by atoms with Crippen LogP contribution in [0.4, 0.5) is 0 Å². The zero-order valence-electron chi connectivity index (χ0n) is 11.4. The lowest BCUT2D eigenvalue weighted by atomic mass is 10.1. The van der Waals surface area contributed by atoms with Crippen molar-refractivity contribution in [3.63, 3.8) is 0 Å². The van der Waals surface area contributed by atoms with Crippen LogP contribution in [0.3, 0.4) is 0 Å². The highest BCUT2D eigenvalue weighted by molar-refractivity contribution is 7.13. The van der Waals surface area contributed by atoms with E-state index in [4.69, 9.17) is 13.9 Å². The van der Waals surface area contributed by atoms with Crippen molar-refractivity contribution in [2.24, 2.45) is 0 Å². The average molecular weight is 304 g/mol. The van der Waals surface area contributed by atoms with E-state index in [-0.39, 0.29) is 11.1 Å². The normalized spacial score (nSPS) is 10.8. The Hall–Kier alpha value is -2.47. The SMILES string of the molecule is COc1cc2oc(-c3cccs3)c(O)c(=O)c2cc1OC. The van der Waals surface area contributed by atoms with Crippen LogP contribution in [0.15, 0.2) is 38.9 Å². The van der Waals surface area contributed by atoms with Crippen LogP contribution < -0.4 is 14.9 Å². The molecular weight excluding hydrogens is 292 g/mol. The van der Waals surface area contributed by atoms with Gasteiger partial charge in [-0.05, 0) is 17.5 Å². The molecule has 0 bridgehead atoms. The Bertz CT molecular complexity index is 849. The molecule has 0 unspecified atom stereocenters. The van der Waals surface area contributed by atoms with Gasteiger partial charge in [-0.3, -0.25) is 4.79 Å². The predicted molar refractivity (Wildman–Crippen MR) is 80.6 cm³/mol. The molecule has 0 amide bonds. The molecule has 0 saturated heterocycles. The summed E-state index contributed by atoms with van der Waals surface area (Å²) in [6, 6.07) is 6.66. The van der Waals surface area contributed by atoms with E-state index in [2.05, 4.69) is 0 Å². The summed E-state index contributed by atoms with van der Waals surface area (Å²) in [6.07, 6.45) is 0. The fourth-order valence-electron chi connectivity index (χ4n) is 2.09. The second-order valence-electron chi connectivity index (χ2n) is 4.29. The summed E-state index contributed by atoms with van der Waals surface area (Å²) in [5, 5.41) is 12.2. The summed E-state index contributed by atoms with van der Waals surface area (Å²) in [5.41, 5.74) is -0.167. The Labute approximate surface area is 124 Å². The van der Waals surface area contributed by atoms with Crippen LogP contribution in [0.5, 0.6) is 17.2 Å². The van der Waals surface area contributed by atoms with E-state index in [1.807, 2.05) is 11.4 Å². The van der Waals surface area contributed by atoms with Crippen LogP contribution >= 0.6 is 11.3 Å². The third-order valence-electron chi connectivity index (χ3n) is 3.12. The number of thiophene rings is 1. The number of rotatable bonds is 3. The Morgan fingerprint density at radius 3 is 2.52 bits per heavy atom. The van der Waals surface area contributed by atoms with E-state index in [0.29, 0.717) is 22.0 Å². The molecule has 0 aliphatic carbocycles. The van der Waals surface area contributed by atoms with Crippen molar-refractivity contribution in [1.29, 1.82) is 0 Å². The Morgan fingerprint density at radius 2 is 1.90 bits per heavy atom. The van der Waals surface area contributed by atoms with Crippen LogP contribution in [-0.4, -0.2) is 19.3 Å². The van der Waals surface area contributed by atoms with Crippen LogP contribution in [-0.2, 0) is 0 Å². The van der Waals surface area contributed by atoms with Crippen molar-refractivity contribution in [3.8, 4) is 27.9 Å². The second kappa shape index (κ2) is 5.14. The molecule has 2 heterocycles. The van der Waals surface area contributed by atoms with Gasteiger partial charge in [-0.15, -0.1) is 11.3 Å². The molecule has 5 nitrogen and oxygen atoms in total. The summed E-state index contributed by atoms with van der Waals surface area (Å²) >= 11 is 1.38. The smallest absolute Gasteiger partial charge is 0.235 e. The van der Waals surface area contributed by atoms with Crippen LogP contribution in [0.2, 0.25) is 0 Å². The fourth-order valence-corrected chi connectivity index (χ4v) is 2.79. The van der Waals surface area contributed by atoms with Crippen molar-refractivity contribution in [1.82, 2.24) is 0 Å². The van der Waals surface area contributed by atoms with Gasteiger partial charge in [-0.25, -0.2) is 0 Å². The van der Waals surface area contributed by atoms with Gasteiger partial charge in [-0.1, -0.05) is 6.07 Å². The zero-order chi connectivity index (χ0) is 15.0. The average Bonchev–Trinajstić information content (AvgIpc) is 3.03. The molecule has 0 radical (unpaired) electrons. The molecule has 3 aromatic rings. The number of fused-ring (bicyclic) bond motifs is 1. The first-order valence-corrected chi connectivity index (χ1v) is 6.99. The Morgan fingerprint density at radius 1 is 1.19 bits per heavy atom. The van der Waals surface area contributed by atoms with Gasteiger partial charge >= 0.3 is 0 Å². The number of hydrogen-bond acceptors (Lipinski definition) is 6. The first-order chi connectivity index (χ1) is 10.2. The van der Waals surface area contributed by atoms with Gasteiger partial charge in [0.2, 0.25) is 11.2 Å². The molecule has 0 fully saturated rings. The quantitative estimate of drug-likeness (QED) is 0.804. The van der Waals surface area contributed by atoms with Crippen molar-refractivity contribution in [3.05, 3.63) is 39.9 Å². The molecule has 108 valence electrons. The maximum atomic E-state index is 12.3. The summed E-state index contributed by atoms with van der Waals surface area (Å²) < 4.78 is 16.0. The molecular formula is C15H12O5S. The number of ether oxygens (including phenoxy) is 2. The predicted octanol–water partition coefficient (Wildman–Crippen LogP) is 3.24. The van der Waals surface area contributed by atoms with E-state index >= 15 is 0 Å². The number of methoxy groups -OCH3 is 2. The molecule has 2 aromatic heterocycles. The van der Waals surface area contributed by atoms with Gasteiger partial charge < -0.3 is 19.0 Å². The summed E-state index contributed by atoms with van der Waals surface area (Å²) in [6.45, 7) is 0. The summed E-state index contributed by atoms with van der Waals surface area (Å²) in [4.78, 5) is 13.0. The lowest BCUT2D eigenvalue weighted by Gasteiger charge is -2.09. The molecule has 1 N–H and O–H groups in total. The van der Waals surface area contributed by atoms with Crippen molar-refractivity contribution in [2.75, 3.05) is 14.2 Å². The fraction of sp³-hybridized carbons (Fsp3) is 0.133. The molecule has 1 aromatic carbocycles. The van der Waals surface area contributed by atoms with Crippen LogP contribution in [0.25, 0.3) is 21.6 Å². The lowest BCUT2D eigenvalue weighted by molar-refractivity contribution is 0.355. The maximum Gasteiger partial charge on any atom is 0.235 e. The highest BCUT2D eigenvalue weighted by Crippen LogP contribution is 2.36. The van der Waals surface area contributed by atoms with Gasteiger partial charge in [0.25, 0.3) is 0 Å². The third kappa shape index (κ3) is 2.13. The van der Waals surface area contributed by atoms with Crippen LogP contribution in [0.1, 0.15) is 0 Å². The monoisotopic (exact) mass is 304 g/mol. The molecule has 0 aliphatic heterocycles. The van der Waals surface area contributed by atoms with Crippen molar-refractivity contribution >= 4 is 22.3 Å². The molecule has 3 rings (SSSR count). The lowest BCUT2D eigenvalue weighted by Crippen LogP contribution is -2.03. The minimum atomic E-state index is -0.499. The number of benzene rings is 1. The van der Waals surface area contributed by atoms with E-state index < -0.39 is 11.2 Å². The van der Waals surface area contributed by atoms with E-state index in [1.165, 1.54) is 31.6 Å². The number of aromatic hydroxyl groups is 1. The molecule has 6 heteroatoms. The maximum absolute atomic E-state index is 12.3. The summed E-state index contributed by atoms with van der Waals surface area (Å²) in [5.74, 6) is 0.614. The first-order valence-electron chi connectivity index (χ1n) is 6.11. The van der Waals surface area contributed by atoms with E-state index in [0.717, 1.165) is 0 Å². The molecule has 0 atom stereocenters.